The lowest BCUT2D eigenvalue weighted by Gasteiger charge is -2.31. The van der Waals surface area contributed by atoms with Crippen molar-refractivity contribution in [2.24, 2.45) is 0 Å². The van der Waals surface area contributed by atoms with Crippen molar-refractivity contribution in [3.63, 3.8) is 0 Å². The van der Waals surface area contributed by atoms with Gasteiger partial charge in [-0.25, -0.2) is 13.2 Å². The molecule has 0 spiro atoms. The number of carbonyl (C=O) groups excluding carboxylic acids is 1. The molecule has 2 rings (SSSR count). The van der Waals surface area contributed by atoms with E-state index in [0.29, 0.717) is 10.6 Å². The summed E-state index contributed by atoms with van der Waals surface area (Å²) in [6.07, 6.45) is -0.905. The lowest BCUT2D eigenvalue weighted by molar-refractivity contribution is -0.157. The first-order chi connectivity index (χ1) is 9.87. The standard InChI is InChI=1S/C13H16ClNO5S/c1-9-10(14)4-3-5-12(9)21(17,18)15-6-7-20-11(8-15)13(16)19-2/h3-5,11H,6-8H2,1-2H3. The van der Waals surface area contributed by atoms with Crippen LogP contribution in [0, 0.1) is 6.92 Å². The Morgan fingerprint density at radius 2 is 2.19 bits per heavy atom. The summed E-state index contributed by atoms with van der Waals surface area (Å²) in [6, 6.07) is 4.71. The van der Waals surface area contributed by atoms with Crippen LogP contribution >= 0.6 is 11.6 Å². The molecule has 0 N–H and O–H groups in total. The van der Waals surface area contributed by atoms with Crippen molar-refractivity contribution in [3.8, 4) is 0 Å². The predicted octanol–water partition coefficient (Wildman–Crippen LogP) is 1.21. The second-order valence-corrected chi connectivity index (χ2v) is 6.92. The Morgan fingerprint density at radius 1 is 1.48 bits per heavy atom. The van der Waals surface area contributed by atoms with Gasteiger partial charge in [0.05, 0.1) is 25.2 Å². The molecule has 8 heteroatoms. The van der Waals surface area contributed by atoms with Crippen molar-refractivity contribution in [1.29, 1.82) is 0 Å². The molecular formula is C13H16ClNO5S. The van der Waals surface area contributed by atoms with Crippen LogP contribution in [0.2, 0.25) is 5.02 Å². The number of hydrogen-bond acceptors (Lipinski definition) is 5. The molecule has 1 aromatic carbocycles. The minimum absolute atomic E-state index is 0.0685. The van der Waals surface area contributed by atoms with Crippen molar-refractivity contribution in [1.82, 2.24) is 4.31 Å². The van der Waals surface area contributed by atoms with E-state index in [0.717, 1.165) is 0 Å². The van der Waals surface area contributed by atoms with Crippen LogP contribution in [0.5, 0.6) is 0 Å². The molecule has 0 aliphatic carbocycles. The number of hydrogen-bond donors (Lipinski definition) is 0. The molecule has 1 aromatic rings. The summed E-state index contributed by atoms with van der Waals surface area (Å²) in [4.78, 5) is 11.6. The smallest absolute Gasteiger partial charge is 0.336 e. The summed E-state index contributed by atoms with van der Waals surface area (Å²) in [7, 11) is -2.49. The number of esters is 1. The summed E-state index contributed by atoms with van der Waals surface area (Å²) in [6.45, 7) is 1.90. The number of carbonyl (C=O) groups is 1. The zero-order chi connectivity index (χ0) is 15.6. The van der Waals surface area contributed by atoms with Gasteiger partial charge in [-0.3, -0.25) is 0 Å². The molecule has 0 radical (unpaired) electrons. The van der Waals surface area contributed by atoms with Crippen LogP contribution in [0.3, 0.4) is 0 Å². The van der Waals surface area contributed by atoms with Crippen LogP contribution < -0.4 is 0 Å². The summed E-state index contributed by atoms with van der Waals surface area (Å²) in [5.41, 5.74) is 0.486. The van der Waals surface area contributed by atoms with Gasteiger partial charge in [-0.2, -0.15) is 4.31 Å². The highest BCUT2D eigenvalue weighted by molar-refractivity contribution is 7.89. The Bertz CT molecular complexity index is 646. The quantitative estimate of drug-likeness (QED) is 0.777. The molecule has 0 amide bonds. The van der Waals surface area contributed by atoms with Crippen molar-refractivity contribution < 1.29 is 22.7 Å². The van der Waals surface area contributed by atoms with Crippen molar-refractivity contribution in [3.05, 3.63) is 28.8 Å². The Labute approximate surface area is 128 Å². The molecule has 1 heterocycles. The predicted molar refractivity (Wildman–Crippen MR) is 76.7 cm³/mol. The summed E-state index contributed by atoms with van der Waals surface area (Å²) >= 11 is 5.98. The van der Waals surface area contributed by atoms with E-state index in [1.807, 2.05) is 0 Å². The molecule has 1 unspecified atom stereocenters. The third-order valence-electron chi connectivity index (χ3n) is 3.33. The largest absolute Gasteiger partial charge is 0.467 e. The van der Waals surface area contributed by atoms with E-state index < -0.39 is 22.1 Å². The van der Waals surface area contributed by atoms with Gasteiger partial charge in [-0.1, -0.05) is 17.7 Å². The molecule has 0 bridgehead atoms. The molecule has 1 fully saturated rings. The van der Waals surface area contributed by atoms with E-state index in [2.05, 4.69) is 4.74 Å². The van der Waals surface area contributed by atoms with Gasteiger partial charge in [0.15, 0.2) is 6.10 Å². The van der Waals surface area contributed by atoms with Crippen LogP contribution in [0.15, 0.2) is 23.1 Å². The highest BCUT2D eigenvalue weighted by Gasteiger charge is 2.35. The minimum atomic E-state index is -3.73. The van der Waals surface area contributed by atoms with E-state index in [1.54, 1.807) is 19.1 Å². The first-order valence-corrected chi connectivity index (χ1v) is 8.14. The summed E-state index contributed by atoms with van der Waals surface area (Å²) in [5.74, 6) is -0.585. The maximum atomic E-state index is 12.7. The minimum Gasteiger partial charge on any atom is -0.467 e. The second-order valence-electron chi connectivity index (χ2n) is 4.61. The lowest BCUT2D eigenvalue weighted by Crippen LogP contribution is -2.48. The van der Waals surface area contributed by atoms with Crippen LogP contribution in [-0.4, -0.2) is 51.6 Å². The highest BCUT2D eigenvalue weighted by Crippen LogP contribution is 2.26. The van der Waals surface area contributed by atoms with Gasteiger partial charge in [0.2, 0.25) is 10.0 Å². The van der Waals surface area contributed by atoms with E-state index in [4.69, 9.17) is 16.3 Å². The maximum Gasteiger partial charge on any atom is 0.336 e. The van der Waals surface area contributed by atoms with Gasteiger partial charge < -0.3 is 9.47 Å². The molecule has 21 heavy (non-hydrogen) atoms. The number of ether oxygens (including phenoxy) is 2. The van der Waals surface area contributed by atoms with Crippen molar-refractivity contribution >= 4 is 27.6 Å². The Hall–Kier alpha value is -1.15. The number of sulfonamides is 1. The molecule has 1 atom stereocenters. The molecular weight excluding hydrogens is 318 g/mol. The number of halogens is 1. The highest BCUT2D eigenvalue weighted by atomic mass is 35.5. The Kier molecular flexibility index (Phi) is 4.88. The number of morpholine rings is 1. The number of methoxy groups -OCH3 is 1. The first-order valence-electron chi connectivity index (χ1n) is 6.32. The first kappa shape index (κ1) is 16.2. The Morgan fingerprint density at radius 3 is 2.86 bits per heavy atom. The molecule has 1 saturated heterocycles. The van der Waals surface area contributed by atoms with E-state index >= 15 is 0 Å². The average Bonchev–Trinajstić information content (AvgIpc) is 2.49. The number of nitrogens with zero attached hydrogens (tertiary/aromatic N) is 1. The number of rotatable bonds is 3. The van der Waals surface area contributed by atoms with Crippen LogP contribution in [-0.2, 0) is 24.3 Å². The van der Waals surface area contributed by atoms with Gasteiger partial charge in [0.25, 0.3) is 0 Å². The SMILES string of the molecule is COC(=O)C1CN(S(=O)(=O)c2cccc(Cl)c2C)CCO1. The fourth-order valence-corrected chi connectivity index (χ4v) is 4.03. The number of benzene rings is 1. The fourth-order valence-electron chi connectivity index (χ4n) is 2.12. The van der Waals surface area contributed by atoms with Gasteiger partial charge in [0.1, 0.15) is 0 Å². The molecule has 0 saturated carbocycles. The third-order valence-corrected chi connectivity index (χ3v) is 5.75. The van der Waals surface area contributed by atoms with Crippen LogP contribution in [0.1, 0.15) is 5.56 Å². The van der Waals surface area contributed by atoms with Gasteiger partial charge in [0, 0.05) is 11.6 Å². The topological polar surface area (TPSA) is 72.9 Å². The normalized spacial score (nSPS) is 20.2. The van der Waals surface area contributed by atoms with Crippen molar-refractivity contribution in [2.75, 3.05) is 26.8 Å². The van der Waals surface area contributed by atoms with Crippen LogP contribution in [0.4, 0.5) is 0 Å². The lowest BCUT2D eigenvalue weighted by atomic mass is 10.2. The van der Waals surface area contributed by atoms with E-state index in [9.17, 15) is 13.2 Å². The zero-order valence-corrected chi connectivity index (χ0v) is 13.3. The molecule has 116 valence electrons. The molecule has 0 aromatic heterocycles. The monoisotopic (exact) mass is 333 g/mol. The second kappa shape index (κ2) is 6.31. The Balaban J connectivity index is 2.31. The van der Waals surface area contributed by atoms with Gasteiger partial charge >= 0.3 is 5.97 Å². The van der Waals surface area contributed by atoms with Crippen LogP contribution in [0.25, 0.3) is 0 Å². The van der Waals surface area contributed by atoms with Gasteiger partial charge in [-0.15, -0.1) is 0 Å². The maximum absolute atomic E-state index is 12.7. The van der Waals surface area contributed by atoms with Crippen molar-refractivity contribution in [2.45, 2.75) is 17.9 Å². The zero-order valence-electron chi connectivity index (χ0n) is 11.7. The van der Waals surface area contributed by atoms with Gasteiger partial charge in [-0.05, 0) is 24.6 Å². The average molecular weight is 334 g/mol. The van der Waals surface area contributed by atoms with E-state index in [-0.39, 0.29) is 24.6 Å². The summed E-state index contributed by atoms with van der Waals surface area (Å²) in [5, 5.41) is 0.383. The summed E-state index contributed by atoms with van der Waals surface area (Å²) < 4.78 is 36.4. The molecule has 1 aliphatic heterocycles. The molecule has 6 nitrogen and oxygen atoms in total. The van der Waals surface area contributed by atoms with E-state index in [1.165, 1.54) is 17.5 Å². The fraction of sp³-hybridized carbons (Fsp3) is 0.462. The molecule has 1 aliphatic rings. The third kappa shape index (κ3) is 3.21.